The molecule has 0 saturated carbocycles. The Morgan fingerprint density at radius 2 is 2.12 bits per heavy atom. The molecule has 0 amide bonds. The third kappa shape index (κ3) is 2.09. The number of hydrogen-bond acceptors (Lipinski definition) is 4. The highest BCUT2D eigenvalue weighted by molar-refractivity contribution is 6.31. The van der Waals surface area contributed by atoms with Crippen LogP contribution in [0.1, 0.15) is 18.0 Å². The minimum absolute atomic E-state index is 0.0159. The maximum absolute atomic E-state index is 8.90. The molecule has 1 unspecified atom stereocenters. The van der Waals surface area contributed by atoms with Crippen LogP contribution in [0.4, 0.5) is 0 Å². The summed E-state index contributed by atoms with van der Waals surface area (Å²) in [5.41, 5.74) is 6.67. The van der Waals surface area contributed by atoms with Gasteiger partial charge in [-0.1, -0.05) is 11.6 Å². The standard InChI is InChI=1S/C11H14ClNO3/c12-7-1-2-9-11(16-6-5-15-9)10(7)8(13)3-4-14/h1-2,8,14H,3-6,13H2. The SMILES string of the molecule is NC(CCO)c1c(Cl)ccc2c1OCCO2. The maximum Gasteiger partial charge on any atom is 0.167 e. The molecule has 1 aliphatic heterocycles. The quantitative estimate of drug-likeness (QED) is 0.844. The zero-order valence-electron chi connectivity index (χ0n) is 8.78. The van der Waals surface area contributed by atoms with Gasteiger partial charge in [0.2, 0.25) is 0 Å². The predicted octanol–water partition coefficient (Wildman–Crippen LogP) is 1.49. The summed E-state index contributed by atoms with van der Waals surface area (Å²) in [4.78, 5) is 0. The molecule has 0 spiro atoms. The van der Waals surface area contributed by atoms with E-state index in [1.165, 1.54) is 0 Å². The van der Waals surface area contributed by atoms with Crippen molar-refractivity contribution in [2.24, 2.45) is 5.73 Å². The van der Waals surface area contributed by atoms with Gasteiger partial charge in [-0.2, -0.15) is 0 Å². The van der Waals surface area contributed by atoms with Gasteiger partial charge < -0.3 is 20.3 Å². The number of hydrogen-bond donors (Lipinski definition) is 2. The summed E-state index contributed by atoms with van der Waals surface area (Å²) in [5.74, 6) is 1.28. The second-order valence-corrected chi connectivity index (χ2v) is 4.01. The molecule has 0 saturated heterocycles. The van der Waals surface area contributed by atoms with E-state index in [9.17, 15) is 0 Å². The molecule has 16 heavy (non-hydrogen) atoms. The zero-order valence-corrected chi connectivity index (χ0v) is 9.54. The molecule has 0 bridgehead atoms. The van der Waals surface area contributed by atoms with E-state index in [-0.39, 0.29) is 12.6 Å². The molecule has 1 aromatic carbocycles. The first-order chi connectivity index (χ1) is 7.74. The van der Waals surface area contributed by atoms with E-state index < -0.39 is 0 Å². The van der Waals surface area contributed by atoms with Gasteiger partial charge in [0.25, 0.3) is 0 Å². The van der Waals surface area contributed by atoms with Crippen LogP contribution in [0.2, 0.25) is 5.02 Å². The van der Waals surface area contributed by atoms with Crippen LogP contribution in [0.15, 0.2) is 12.1 Å². The van der Waals surface area contributed by atoms with Crippen molar-refractivity contribution < 1.29 is 14.6 Å². The highest BCUT2D eigenvalue weighted by Gasteiger charge is 2.22. The Morgan fingerprint density at radius 3 is 2.88 bits per heavy atom. The van der Waals surface area contributed by atoms with E-state index in [2.05, 4.69) is 0 Å². The molecule has 1 aliphatic rings. The van der Waals surface area contributed by atoms with Crippen LogP contribution >= 0.6 is 11.6 Å². The summed E-state index contributed by atoms with van der Waals surface area (Å²) in [6.07, 6.45) is 0.444. The average Bonchev–Trinajstić information content (AvgIpc) is 2.29. The third-order valence-corrected chi connectivity index (χ3v) is 2.83. The van der Waals surface area contributed by atoms with Crippen molar-refractivity contribution in [3.05, 3.63) is 22.7 Å². The normalized spacial score (nSPS) is 15.9. The molecule has 0 radical (unpaired) electrons. The molecule has 0 aliphatic carbocycles. The molecule has 3 N–H and O–H groups in total. The third-order valence-electron chi connectivity index (χ3n) is 2.50. The van der Waals surface area contributed by atoms with E-state index in [1.54, 1.807) is 12.1 Å². The number of halogens is 1. The van der Waals surface area contributed by atoms with Crippen molar-refractivity contribution in [3.63, 3.8) is 0 Å². The van der Waals surface area contributed by atoms with Gasteiger partial charge in [-0.25, -0.2) is 0 Å². The van der Waals surface area contributed by atoms with Crippen molar-refractivity contribution in [1.82, 2.24) is 0 Å². The zero-order chi connectivity index (χ0) is 11.5. The maximum atomic E-state index is 8.90. The molecule has 5 heteroatoms. The Kier molecular flexibility index (Phi) is 3.53. The van der Waals surface area contributed by atoms with Crippen molar-refractivity contribution in [2.45, 2.75) is 12.5 Å². The van der Waals surface area contributed by atoms with E-state index in [0.29, 0.717) is 41.7 Å². The number of ether oxygens (including phenoxy) is 2. The molecule has 1 aromatic rings. The fraction of sp³-hybridized carbons (Fsp3) is 0.455. The van der Waals surface area contributed by atoms with Crippen LogP contribution in [-0.2, 0) is 0 Å². The van der Waals surface area contributed by atoms with Gasteiger partial charge in [0, 0.05) is 23.2 Å². The molecule has 88 valence electrons. The van der Waals surface area contributed by atoms with E-state index in [1.807, 2.05) is 0 Å². The van der Waals surface area contributed by atoms with Crippen LogP contribution in [0.3, 0.4) is 0 Å². The van der Waals surface area contributed by atoms with Gasteiger partial charge in [0.15, 0.2) is 11.5 Å². The minimum Gasteiger partial charge on any atom is -0.486 e. The Hall–Kier alpha value is -0.970. The van der Waals surface area contributed by atoms with Crippen LogP contribution in [-0.4, -0.2) is 24.9 Å². The second-order valence-electron chi connectivity index (χ2n) is 3.60. The first-order valence-electron chi connectivity index (χ1n) is 5.18. The van der Waals surface area contributed by atoms with Gasteiger partial charge >= 0.3 is 0 Å². The second kappa shape index (κ2) is 4.91. The molecule has 1 atom stereocenters. The van der Waals surface area contributed by atoms with Gasteiger partial charge in [-0.15, -0.1) is 0 Å². The highest BCUT2D eigenvalue weighted by Crippen LogP contribution is 2.41. The summed E-state index contributed by atoms with van der Waals surface area (Å²) >= 11 is 6.09. The number of fused-ring (bicyclic) bond motifs is 1. The van der Waals surface area contributed by atoms with Crippen LogP contribution in [0.5, 0.6) is 11.5 Å². The van der Waals surface area contributed by atoms with Gasteiger partial charge in [-0.3, -0.25) is 0 Å². The van der Waals surface area contributed by atoms with Gasteiger partial charge in [-0.05, 0) is 18.6 Å². The lowest BCUT2D eigenvalue weighted by Crippen LogP contribution is -2.20. The lowest BCUT2D eigenvalue weighted by atomic mass is 10.0. The number of rotatable bonds is 3. The lowest BCUT2D eigenvalue weighted by Gasteiger charge is -2.24. The predicted molar refractivity (Wildman–Crippen MR) is 61.1 cm³/mol. The first-order valence-corrected chi connectivity index (χ1v) is 5.56. The molecular weight excluding hydrogens is 230 g/mol. The monoisotopic (exact) mass is 243 g/mol. The van der Waals surface area contributed by atoms with Crippen LogP contribution in [0.25, 0.3) is 0 Å². The molecule has 4 nitrogen and oxygen atoms in total. The smallest absolute Gasteiger partial charge is 0.167 e. The van der Waals surface area contributed by atoms with E-state index in [0.717, 1.165) is 0 Å². The molecule has 2 rings (SSSR count). The fourth-order valence-electron chi connectivity index (χ4n) is 1.74. The summed E-state index contributed by atoms with van der Waals surface area (Å²) in [5, 5.41) is 9.44. The topological polar surface area (TPSA) is 64.7 Å². The fourth-order valence-corrected chi connectivity index (χ4v) is 2.03. The van der Waals surface area contributed by atoms with E-state index in [4.69, 9.17) is 31.9 Å². The Balaban J connectivity index is 2.41. The number of aliphatic hydroxyl groups excluding tert-OH is 1. The van der Waals surface area contributed by atoms with Crippen LogP contribution < -0.4 is 15.2 Å². The van der Waals surface area contributed by atoms with Crippen molar-refractivity contribution in [2.75, 3.05) is 19.8 Å². The largest absolute Gasteiger partial charge is 0.486 e. The number of aliphatic hydroxyl groups is 1. The van der Waals surface area contributed by atoms with Crippen molar-refractivity contribution >= 4 is 11.6 Å². The summed E-state index contributed by atoms with van der Waals surface area (Å²) in [6.45, 7) is 1.04. The molecular formula is C11H14ClNO3. The van der Waals surface area contributed by atoms with Gasteiger partial charge in [0.05, 0.1) is 0 Å². The first kappa shape index (κ1) is 11.5. The molecule has 1 heterocycles. The lowest BCUT2D eigenvalue weighted by molar-refractivity contribution is 0.168. The average molecular weight is 244 g/mol. The summed E-state index contributed by atoms with van der Waals surface area (Å²) in [7, 11) is 0. The van der Waals surface area contributed by atoms with Crippen molar-refractivity contribution in [1.29, 1.82) is 0 Å². The Bertz CT molecular complexity index is 384. The van der Waals surface area contributed by atoms with E-state index >= 15 is 0 Å². The van der Waals surface area contributed by atoms with Gasteiger partial charge in [0.1, 0.15) is 13.2 Å². The summed E-state index contributed by atoms with van der Waals surface area (Å²) in [6, 6.07) is 3.17. The molecule has 0 aromatic heterocycles. The summed E-state index contributed by atoms with van der Waals surface area (Å²) < 4.78 is 11.0. The molecule has 0 fully saturated rings. The number of benzene rings is 1. The highest BCUT2D eigenvalue weighted by atomic mass is 35.5. The Labute approximate surface area is 98.9 Å². The number of nitrogens with two attached hydrogens (primary N) is 1. The Morgan fingerprint density at radius 1 is 1.38 bits per heavy atom. The van der Waals surface area contributed by atoms with Crippen LogP contribution in [0, 0.1) is 0 Å². The van der Waals surface area contributed by atoms with Crippen molar-refractivity contribution in [3.8, 4) is 11.5 Å². The minimum atomic E-state index is -0.339.